The minimum Gasteiger partial charge on any atom is -0.456 e. The summed E-state index contributed by atoms with van der Waals surface area (Å²) in [5.74, 6) is 0. The van der Waals surface area contributed by atoms with Crippen molar-refractivity contribution in [3.8, 4) is 33.4 Å². The van der Waals surface area contributed by atoms with Crippen molar-refractivity contribution in [1.82, 2.24) is 0 Å². The molecule has 0 atom stereocenters. The smallest absolute Gasteiger partial charge is 0.136 e. The maximum Gasteiger partial charge on any atom is 0.136 e. The van der Waals surface area contributed by atoms with E-state index in [9.17, 15) is 0 Å². The first-order valence-electron chi connectivity index (χ1n) is 17.8. The average molecular weight is 664 g/mol. The van der Waals surface area contributed by atoms with Crippen LogP contribution in [0.2, 0.25) is 0 Å². The van der Waals surface area contributed by atoms with Crippen molar-refractivity contribution in [2.75, 3.05) is 4.90 Å². The van der Waals surface area contributed by atoms with E-state index in [-0.39, 0.29) is 0 Å². The predicted octanol–water partition coefficient (Wildman–Crippen LogP) is 14.4. The molecule has 0 amide bonds. The third-order valence-corrected chi connectivity index (χ3v) is 10.2. The van der Waals surface area contributed by atoms with Gasteiger partial charge in [0.05, 0.1) is 0 Å². The Hall–Kier alpha value is -6.90. The Morgan fingerprint density at radius 1 is 0.308 bits per heavy atom. The lowest BCUT2D eigenvalue weighted by Gasteiger charge is -2.27. The zero-order chi connectivity index (χ0) is 34.4. The molecule has 1 aromatic heterocycles. The number of hydrogen-bond acceptors (Lipinski definition) is 2. The number of anilines is 3. The zero-order valence-electron chi connectivity index (χ0n) is 28.4. The Balaban J connectivity index is 1.10. The van der Waals surface area contributed by atoms with Gasteiger partial charge in [-0.2, -0.15) is 0 Å². The van der Waals surface area contributed by atoms with Crippen molar-refractivity contribution < 1.29 is 4.42 Å². The quantitative estimate of drug-likeness (QED) is 0.176. The molecule has 2 heteroatoms. The van der Waals surface area contributed by atoms with Gasteiger partial charge in [-0.25, -0.2) is 0 Å². The molecule has 0 spiro atoms. The van der Waals surface area contributed by atoms with Gasteiger partial charge in [-0.3, -0.25) is 0 Å². The summed E-state index contributed by atoms with van der Waals surface area (Å²) in [6, 6.07) is 71.7. The molecule has 2 nitrogen and oxygen atoms in total. The summed E-state index contributed by atoms with van der Waals surface area (Å²) in [5.41, 5.74) is 12.1. The van der Waals surface area contributed by atoms with E-state index in [0.717, 1.165) is 55.9 Å². The third kappa shape index (κ3) is 5.21. The number of rotatable bonds is 6. The van der Waals surface area contributed by atoms with Gasteiger partial charge in [0.2, 0.25) is 0 Å². The SMILES string of the molecule is c1ccc(-c2cc(N(c3ccccc3)c3ccc(-c4ccc5ccccc5c4)cc3)ccc2-c2ccc3c(c2)oc2ccc4ccccc4c23)cc1. The van der Waals surface area contributed by atoms with Crippen LogP contribution < -0.4 is 4.90 Å². The molecule has 244 valence electrons. The number of nitrogens with zero attached hydrogens (tertiary/aromatic N) is 1. The van der Waals surface area contributed by atoms with Gasteiger partial charge in [0.25, 0.3) is 0 Å². The summed E-state index contributed by atoms with van der Waals surface area (Å²) in [6.07, 6.45) is 0. The lowest BCUT2D eigenvalue weighted by Crippen LogP contribution is -2.10. The van der Waals surface area contributed by atoms with Crippen LogP contribution in [0.1, 0.15) is 0 Å². The van der Waals surface area contributed by atoms with Gasteiger partial charge in [-0.15, -0.1) is 0 Å². The standard InChI is InChI=1S/C50H33NO/c1-3-12-36(13-4-1)47-33-43(27-29-44(47)40-23-28-46-49(32-40)52-48-30-24-37-14-9-10-18-45(37)50(46)48)51(41-16-5-2-6-17-41)42-25-21-35(22-26-42)39-20-19-34-11-7-8-15-38(34)31-39/h1-33H. The number of hydrogen-bond donors (Lipinski definition) is 0. The Morgan fingerprint density at radius 3 is 1.77 bits per heavy atom. The molecule has 0 aliphatic carbocycles. The highest BCUT2D eigenvalue weighted by Gasteiger charge is 2.18. The first-order chi connectivity index (χ1) is 25.8. The van der Waals surface area contributed by atoms with Crippen molar-refractivity contribution in [2.45, 2.75) is 0 Å². The summed E-state index contributed by atoms with van der Waals surface area (Å²) in [5, 5.41) is 7.24. The lowest BCUT2D eigenvalue weighted by atomic mass is 9.93. The van der Waals surface area contributed by atoms with Crippen LogP contribution in [0.3, 0.4) is 0 Å². The largest absolute Gasteiger partial charge is 0.456 e. The fraction of sp³-hybridized carbons (Fsp3) is 0. The molecular weight excluding hydrogens is 631 g/mol. The van der Waals surface area contributed by atoms with Crippen molar-refractivity contribution in [1.29, 1.82) is 0 Å². The van der Waals surface area contributed by atoms with E-state index < -0.39 is 0 Å². The van der Waals surface area contributed by atoms with E-state index >= 15 is 0 Å². The molecule has 0 unspecified atom stereocenters. The molecule has 0 saturated heterocycles. The highest BCUT2D eigenvalue weighted by molar-refractivity contribution is 6.19. The second-order valence-electron chi connectivity index (χ2n) is 13.3. The Labute approximate surface area is 302 Å². The van der Waals surface area contributed by atoms with Gasteiger partial charge in [-0.05, 0) is 116 Å². The summed E-state index contributed by atoms with van der Waals surface area (Å²) in [6.45, 7) is 0. The minimum absolute atomic E-state index is 0.893. The fourth-order valence-corrected chi connectivity index (χ4v) is 7.69. The molecule has 10 aromatic rings. The Kier molecular flexibility index (Phi) is 7.18. The molecule has 0 aliphatic heterocycles. The maximum absolute atomic E-state index is 6.50. The van der Waals surface area contributed by atoms with Crippen LogP contribution in [0.15, 0.2) is 205 Å². The van der Waals surface area contributed by atoms with Crippen LogP contribution in [0, 0.1) is 0 Å². The predicted molar refractivity (Wildman–Crippen MR) is 220 cm³/mol. The van der Waals surface area contributed by atoms with E-state index in [4.69, 9.17) is 4.42 Å². The number of fused-ring (bicyclic) bond motifs is 6. The molecular formula is C50H33NO. The summed E-state index contributed by atoms with van der Waals surface area (Å²) in [4.78, 5) is 2.34. The van der Waals surface area contributed by atoms with Gasteiger partial charge in [0.1, 0.15) is 11.2 Å². The maximum atomic E-state index is 6.50. The van der Waals surface area contributed by atoms with Crippen molar-refractivity contribution in [3.63, 3.8) is 0 Å². The molecule has 0 aliphatic rings. The molecule has 0 saturated carbocycles. The second-order valence-corrected chi connectivity index (χ2v) is 13.3. The molecule has 1 heterocycles. The Morgan fingerprint density at radius 2 is 0.942 bits per heavy atom. The van der Waals surface area contributed by atoms with Gasteiger partial charge in [-0.1, -0.05) is 140 Å². The molecule has 9 aromatic carbocycles. The highest BCUT2D eigenvalue weighted by atomic mass is 16.3. The van der Waals surface area contributed by atoms with E-state index in [1.807, 2.05) is 0 Å². The number of para-hydroxylation sites is 1. The molecule has 0 bridgehead atoms. The van der Waals surface area contributed by atoms with Crippen LogP contribution >= 0.6 is 0 Å². The number of benzene rings is 9. The van der Waals surface area contributed by atoms with Gasteiger partial charge in [0, 0.05) is 27.8 Å². The minimum atomic E-state index is 0.893. The van der Waals surface area contributed by atoms with E-state index in [1.165, 1.54) is 38.1 Å². The lowest BCUT2D eigenvalue weighted by molar-refractivity contribution is 0.669. The number of furan rings is 1. The van der Waals surface area contributed by atoms with E-state index in [2.05, 4.69) is 205 Å². The Bertz CT molecular complexity index is 2890. The fourth-order valence-electron chi connectivity index (χ4n) is 7.69. The van der Waals surface area contributed by atoms with Gasteiger partial charge >= 0.3 is 0 Å². The zero-order valence-corrected chi connectivity index (χ0v) is 28.4. The van der Waals surface area contributed by atoms with Crippen molar-refractivity contribution in [3.05, 3.63) is 200 Å². The normalized spacial score (nSPS) is 11.5. The second kappa shape index (κ2) is 12.5. The first kappa shape index (κ1) is 30.0. The van der Waals surface area contributed by atoms with Crippen LogP contribution in [0.25, 0.3) is 76.9 Å². The van der Waals surface area contributed by atoms with E-state index in [1.54, 1.807) is 0 Å². The third-order valence-electron chi connectivity index (χ3n) is 10.2. The molecule has 0 radical (unpaired) electrons. The van der Waals surface area contributed by atoms with Crippen LogP contribution in [0.4, 0.5) is 17.1 Å². The topological polar surface area (TPSA) is 16.4 Å². The average Bonchev–Trinajstić information content (AvgIpc) is 3.60. The van der Waals surface area contributed by atoms with Crippen molar-refractivity contribution in [2.24, 2.45) is 0 Å². The van der Waals surface area contributed by atoms with Crippen LogP contribution in [-0.4, -0.2) is 0 Å². The molecule has 0 fully saturated rings. The molecule has 52 heavy (non-hydrogen) atoms. The van der Waals surface area contributed by atoms with Gasteiger partial charge < -0.3 is 9.32 Å². The monoisotopic (exact) mass is 663 g/mol. The van der Waals surface area contributed by atoms with Gasteiger partial charge in [0.15, 0.2) is 0 Å². The van der Waals surface area contributed by atoms with Crippen molar-refractivity contribution >= 4 is 60.5 Å². The van der Waals surface area contributed by atoms with Crippen LogP contribution in [0.5, 0.6) is 0 Å². The summed E-state index contributed by atoms with van der Waals surface area (Å²) in [7, 11) is 0. The molecule has 0 N–H and O–H groups in total. The van der Waals surface area contributed by atoms with E-state index in [0.29, 0.717) is 0 Å². The molecule has 10 rings (SSSR count). The first-order valence-corrected chi connectivity index (χ1v) is 17.8. The highest BCUT2D eigenvalue weighted by Crippen LogP contribution is 2.43. The summed E-state index contributed by atoms with van der Waals surface area (Å²) >= 11 is 0. The summed E-state index contributed by atoms with van der Waals surface area (Å²) < 4.78 is 6.50. The van der Waals surface area contributed by atoms with Crippen LogP contribution in [-0.2, 0) is 0 Å².